The maximum Gasteiger partial charge on any atom is 0.335 e. The van der Waals surface area contributed by atoms with Gasteiger partial charge in [0.1, 0.15) is 0 Å². The molecule has 1 amide bonds. The van der Waals surface area contributed by atoms with Gasteiger partial charge in [0, 0.05) is 19.5 Å². The summed E-state index contributed by atoms with van der Waals surface area (Å²) < 4.78 is 0. The Labute approximate surface area is 190 Å². The van der Waals surface area contributed by atoms with Gasteiger partial charge in [-0.3, -0.25) is 4.79 Å². The molecule has 0 fully saturated rings. The quantitative estimate of drug-likeness (QED) is 0.395. The zero-order valence-electron chi connectivity index (χ0n) is 18.7. The van der Waals surface area contributed by atoms with Crippen LogP contribution < -0.4 is 0 Å². The SMILES string of the molecule is CCCCC(=O)N(CCCc1ccccc1)Cc1cccc(-c2cccc(C(=O)O)c2)c1. The van der Waals surface area contributed by atoms with E-state index in [9.17, 15) is 14.7 Å². The Bertz CT molecular complexity index is 1030. The normalized spacial score (nSPS) is 10.7. The van der Waals surface area contributed by atoms with Crippen LogP contribution in [0.4, 0.5) is 0 Å². The zero-order valence-corrected chi connectivity index (χ0v) is 18.7. The number of amides is 1. The first-order chi connectivity index (χ1) is 15.6. The van der Waals surface area contributed by atoms with Crippen molar-refractivity contribution >= 4 is 11.9 Å². The summed E-state index contributed by atoms with van der Waals surface area (Å²) in [7, 11) is 0. The van der Waals surface area contributed by atoms with Gasteiger partial charge in [-0.1, -0.05) is 74.0 Å². The third kappa shape index (κ3) is 6.81. The van der Waals surface area contributed by atoms with Crippen LogP contribution in [0, 0.1) is 0 Å². The predicted molar refractivity (Wildman–Crippen MR) is 129 cm³/mol. The number of benzene rings is 3. The molecule has 0 heterocycles. The number of hydrogen-bond donors (Lipinski definition) is 1. The number of rotatable bonds is 11. The zero-order chi connectivity index (χ0) is 22.8. The van der Waals surface area contributed by atoms with E-state index in [2.05, 4.69) is 25.1 Å². The Morgan fingerprint density at radius 2 is 1.50 bits per heavy atom. The summed E-state index contributed by atoms with van der Waals surface area (Å²) in [5, 5.41) is 9.28. The average molecular weight is 430 g/mol. The summed E-state index contributed by atoms with van der Waals surface area (Å²) in [5.41, 5.74) is 4.42. The maximum atomic E-state index is 12.9. The van der Waals surface area contributed by atoms with E-state index >= 15 is 0 Å². The number of carboxylic acid groups (broad SMARTS) is 1. The van der Waals surface area contributed by atoms with E-state index in [0.29, 0.717) is 13.0 Å². The van der Waals surface area contributed by atoms with Crippen LogP contribution in [0.1, 0.15) is 54.1 Å². The fourth-order valence-corrected chi connectivity index (χ4v) is 3.80. The molecule has 32 heavy (non-hydrogen) atoms. The number of nitrogens with zero attached hydrogens (tertiary/aromatic N) is 1. The lowest BCUT2D eigenvalue weighted by atomic mass is 10.0. The summed E-state index contributed by atoms with van der Waals surface area (Å²) >= 11 is 0. The van der Waals surface area contributed by atoms with Gasteiger partial charge in [-0.2, -0.15) is 0 Å². The topological polar surface area (TPSA) is 57.6 Å². The van der Waals surface area contributed by atoms with Gasteiger partial charge in [-0.05, 0) is 59.7 Å². The fourth-order valence-electron chi connectivity index (χ4n) is 3.80. The summed E-state index contributed by atoms with van der Waals surface area (Å²) in [4.78, 5) is 26.2. The van der Waals surface area contributed by atoms with Gasteiger partial charge < -0.3 is 10.0 Å². The molecule has 1 N–H and O–H groups in total. The van der Waals surface area contributed by atoms with Crippen molar-refractivity contribution in [2.45, 2.75) is 45.6 Å². The molecule has 0 radical (unpaired) electrons. The molecule has 0 atom stereocenters. The number of aromatic carboxylic acids is 1. The van der Waals surface area contributed by atoms with Crippen LogP contribution >= 0.6 is 0 Å². The van der Waals surface area contributed by atoms with E-state index in [0.717, 1.165) is 48.9 Å². The molecule has 0 saturated carbocycles. The van der Waals surface area contributed by atoms with Gasteiger partial charge >= 0.3 is 5.97 Å². The van der Waals surface area contributed by atoms with E-state index < -0.39 is 5.97 Å². The molecule has 3 rings (SSSR count). The van der Waals surface area contributed by atoms with Crippen LogP contribution in [0.5, 0.6) is 0 Å². The highest BCUT2D eigenvalue weighted by atomic mass is 16.4. The number of hydrogen-bond acceptors (Lipinski definition) is 2. The molecule has 0 aliphatic heterocycles. The van der Waals surface area contributed by atoms with Crippen molar-refractivity contribution in [2.24, 2.45) is 0 Å². The molecule has 4 nitrogen and oxygen atoms in total. The monoisotopic (exact) mass is 429 g/mol. The predicted octanol–water partition coefficient (Wildman–Crippen LogP) is 6.20. The third-order valence-corrected chi connectivity index (χ3v) is 5.58. The smallest absolute Gasteiger partial charge is 0.335 e. The molecule has 0 unspecified atom stereocenters. The van der Waals surface area contributed by atoms with Crippen LogP contribution in [0.25, 0.3) is 11.1 Å². The van der Waals surface area contributed by atoms with Crippen molar-refractivity contribution in [3.05, 3.63) is 95.6 Å². The second-order valence-electron chi connectivity index (χ2n) is 8.09. The first kappa shape index (κ1) is 23.3. The second-order valence-corrected chi connectivity index (χ2v) is 8.09. The van der Waals surface area contributed by atoms with Crippen molar-refractivity contribution in [1.29, 1.82) is 0 Å². The Morgan fingerprint density at radius 1 is 0.812 bits per heavy atom. The first-order valence-electron chi connectivity index (χ1n) is 11.3. The summed E-state index contributed by atoms with van der Waals surface area (Å²) in [6, 6.07) is 25.3. The highest BCUT2D eigenvalue weighted by molar-refractivity contribution is 5.89. The number of carbonyl (C=O) groups excluding carboxylic acids is 1. The van der Waals surface area contributed by atoms with E-state index in [1.165, 1.54) is 5.56 Å². The highest BCUT2D eigenvalue weighted by Gasteiger charge is 2.14. The molecular weight excluding hydrogens is 398 g/mol. The van der Waals surface area contributed by atoms with Gasteiger partial charge in [-0.25, -0.2) is 4.79 Å². The van der Waals surface area contributed by atoms with E-state index in [1.54, 1.807) is 18.2 Å². The number of carboxylic acids is 1. The molecule has 0 saturated heterocycles. The van der Waals surface area contributed by atoms with Crippen molar-refractivity contribution in [2.75, 3.05) is 6.54 Å². The van der Waals surface area contributed by atoms with Crippen LogP contribution in [0.2, 0.25) is 0 Å². The standard InChI is InChI=1S/C28H31NO3/c1-2-3-17-27(30)29(18-9-13-22-10-5-4-6-11-22)21-23-12-7-14-24(19-23)25-15-8-16-26(20-25)28(31)32/h4-8,10-12,14-16,19-20H,2-3,9,13,17-18,21H2,1H3,(H,31,32). The lowest BCUT2D eigenvalue weighted by Gasteiger charge is -2.23. The van der Waals surface area contributed by atoms with Gasteiger partial charge in [0.25, 0.3) is 0 Å². The molecule has 0 aromatic heterocycles. The third-order valence-electron chi connectivity index (χ3n) is 5.58. The molecule has 0 bridgehead atoms. The second kappa shape index (κ2) is 11.8. The van der Waals surface area contributed by atoms with Gasteiger partial charge in [0.15, 0.2) is 0 Å². The molecule has 166 valence electrons. The van der Waals surface area contributed by atoms with E-state index in [4.69, 9.17) is 0 Å². The number of aryl methyl sites for hydroxylation is 1. The molecule has 0 aliphatic rings. The number of unbranched alkanes of at least 4 members (excludes halogenated alkanes) is 1. The molecule has 0 aliphatic carbocycles. The first-order valence-corrected chi connectivity index (χ1v) is 11.3. The lowest BCUT2D eigenvalue weighted by Crippen LogP contribution is -2.31. The van der Waals surface area contributed by atoms with Gasteiger partial charge in [-0.15, -0.1) is 0 Å². The molecule has 3 aromatic carbocycles. The van der Waals surface area contributed by atoms with Crippen molar-refractivity contribution in [1.82, 2.24) is 4.90 Å². The molecule has 0 spiro atoms. The summed E-state index contributed by atoms with van der Waals surface area (Å²) in [5.74, 6) is -0.743. The van der Waals surface area contributed by atoms with Crippen molar-refractivity contribution in [3.63, 3.8) is 0 Å². The molecule has 3 aromatic rings. The Hall–Kier alpha value is -3.40. The van der Waals surface area contributed by atoms with Crippen molar-refractivity contribution in [3.8, 4) is 11.1 Å². The van der Waals surface area contributed by atoms with Gasteiger partial charge in [0.05, 0.1) is 5.56 Å². The Balaban J connectivity index is 1.73. The largest absolute Gasteiger partial charge is 0.478 e. The fraction of sp³-hybridized carbons (Fsp3) is 0.286. The van der Waals surface area contributed by atoms with Gasteiger partial charge in [0.2, 0.25) is 5.91 Å². The minimum absolute atomic E-state index is 0.193. The summed E-state index contributed by atoms with van der Waals surface area (Å²) in [6.07, 6.45) is 4.33. The van der Waals surface area contributed by atoms with Crippen LogP contribution in [-0.4, -0.2) is 28.4 Å². The number of carbonyl (C=O) groups is 2. The van der Waals surface area contributed by atoms with E-state index in [-0.39, 0.29) is 11.5 Å². The Kier molecular flexibility index (Phi) is 8.61. The minimum Gasteiger partial charge on any atom is -0.478 e. The molecular formula is C28H31NO3. The minimum atomic E-state index is -0.936. The summed E-state index contributed by atoms with van der Waals surface area (Å²) in [6.45, 7) is 3.38. The highest BCUT2D eigenvalue weighted by Crippen LogP contribution is 2.23. The molecule has 4 heteroatoms. The van der Waals surface area contributed by atoms with Crippen LogP contribution in [0.3, 0.4) is 0 Å². The average Bonchev–Trinajstić information content (AvgIpc) is 2.83. The van der Waals surface area contributed by atoms with Crippen LogP contribution in [-0.2, 0) is 17.8 Å². The Morgan fingerprint density at radius 3 is 2.22 bits per heavy atom. The van der Waals surface area contributed by atoms with Crippen LogP contribution in [0.15, 0.2) is 78.9 Å². The van der Waals surface area contributed by atoms with Crippen molar-refractivity contribution < 1.29 is 14.7 Å². The lowest BCUT2D eigenvalue weighted by molar-refractivity contribution is -0.132. The maximum absolute atomic E-state index is 12.9. The van der Waals surface area contributed by atoms with E-state index in [1.807, 2.05) is 47.4 Å².